The zero-order valence-electron chi connectivity index (χ0n) is 16.7. The lowest BCUT2D eigenvalue weighted by atomic mass is 10.1. The molecule has 32 heavy (non-hydrogen) atoms. The van der Waals surface area contributed by atoms with Gasteiger partial charge in [0, 0.05) is 18.8 Å². The van der Waals surface area contributed by atoms with Gasteiger partial charge in [-0.05, 0) is 29.5 Å². The number of ether oxygens (including phenoxy) is 1. The second-order valence-electron chi connectivity index (χ2n) is 7.37. The summed E-state index contributed by atoms with van der Waals surface area (Å²) in [5.74, 6) is 0.204. The molecule has 3 aromatic heterocycles. The Morgan fingerprint density at radius 3 is 2.84 bits per heavy atom. The van der Waals surface area contributed by atoms with Crippen molar-refractivity contribution in [2.45, 2.75) is 37.1 Å². The number of rotatable bonds is 5. The molecule has 2 aliphatic rings. The van der Waals surface area contributed by atoms with Crippen LogP contribution in [0.15, 0.2) is 37.2 Å². The first kappa shape index (κ1) is 21.7. The first-order valence-electron chi connectivity index (χ1n) is 9.87. The van der Waals surface area contributed by atoms with Gasteiger partial charge in [0.15, 0.2) is 17.7 Å². The molecule has 3 aromatic rings. The SMILES string of the molecule is Nc1ncnc2c1ncn2[C@@H]1O[C@H](CO[P@@]2(=S)OCC[C@H](c3ccncc3)O2)[C@H](O)[C@@H]1O. The van der Waals surface area contributed by atoms with Gasteiger partial charge in [-0.25, -0.2) is 15.0 Å². The molecule has 6 atom stereocenters. The van der Waals surface area contributed by atoms with Crippen molar-refractivity contribution in [1.29, 1.82) is 0 Å². The Bertz CT molecular complexity index is 1150. The molecule has 0 aromatic carbocycles. The lowest BCUT2D eigenvalue weighted by molar-refractivity contribution is -0.0533. The van der Waals surface area contributed by atoms with Crippen LogP contribution in [0.5, 0.6) is 0 Å². The number of anilines is 1. The van der Waals surface area contributed by atoms with Gasteiger partial charge >= 0.3 is 6.72 Å². The summed E-state index contributed by atoms with van der Waals surface area (Å²) in [6.45, 7) is -2.82. The number of imidazole rings is 1. The first-order valence-corrected chi connectivity index (χ1v) is 12.4. The van der Waals surface area contributed by atoms with Crippen molar-refractivity contribution in [2.24, 2.45) is 0 Å². The maximum Gasteiger partial charge on any atom is 0.327 e. The van der Waals surface area contributed by atoms with Gasteiger partial charge in [-0.2, -0.15) is 0 Å². The molecule has 14 heteroatoms. The van der Waals surface area contributed by atoms with Crippen molar-refractivity contribution < 1.29 is 28.5 Å². The highest BCUT2D eigenvalue weighted by molar-refractivity contribution is 8.07. The van der Waals surface area contributed by atoms with Crippen molar-refractivity contribution in [1.82, 2.24) is 24.5 Å². The quantitative estimate of drug-likeness (QED) is 0.442. The summed E-state index contributed by atoms with van der Waals surface area (Å²) in [5.41, 5.74) is 7.50. The Balaban J connectivity index is 1.28. The Labute approximate surface area is 187 Å². The summed E-state index contributed by atoms with van der Waals surface area (Å²) in [5, 5.41) is 21.1. The molecule has 12 nitrogen and oxygen atoms in total. The summed E-state index contributed by atoms with van der Waals surface area (Å²) in [7, 11) is 0. The zero-order valence-corrected chi connectivity index (χ0v) is 18.4. The van der Waals surface area contributed by atoms with Crippen molar-refractivity contribution in [3.05, 3.63) is 42.7 Å². The minimum absolute atomic E-state index is 0.126. The predicted molar refractivity (Wildman–Crippen MR) is 115 cm³/mol. The third-order valence-corrected chi connectivity index (χ3v) is 7.73. The van der Waals surface area contributed by atoms with E-state index in [-0.39, 0.29) is 18.5 Å². The van der Waals surface area contributed by atoms with Crippen molar-refractivity contribution in [3.63, 3.8) is 0 Å². The molecule has 4 N–H and O–H groups in total. The van der Waals surface area contributed by atoms with Crippen LogP contribution in [0, 0.1) is 0 Å². The van der Waals surface area contributed by atoms with E-state index in [0.29, 0.717) is 24.2 Å². The van der Waals surface area contributed by atoms with Crippen LogP contribution >= 0.6 is 6.72 Å². The number of nitrogen functional groups attached to an aromatic ring is 1. The Morgan fingerprint density at radius 1 is 1.22 bits per heavy atom. The van der Waals surface area contributed by atoms with E-state index in [1.54, 1.807) is 12.4 Å². The van der Waals surface area contributed by atoms with Crippen molar-refractivity contribution in [2.75, 3.05) is 18.9 Å². The monoisotopic (exact) mass is 480 g/mol. The van der Waals surface area contributed by atoms with Crippen molar-refractivity contribution in [3.8, 4) is 0 Å². The number of nitrogens with zero attached hydrogens (tertiary/aromatic N) is 5. The van der Waals surface area contributed by atoms with Gasteiger partial charge in [-0.3, -0.25) is 9.55 Å². The van der Waals surface area contributed by atoms with Crippen LogP contribution in [-0.4, -0.2) is 66.2 Å². The van der Waals surface area contributed by atoms with Crippen LogP contribution < -0.4 is 5.73 Å². The maximum absolute atomic E-state index is 10.6. The van der Waals surface area contributed by atoms with Gasteiger partial charge in [-0.1, -0.05) is 0 Å². The smallest absolute Gasteiger partial charge is 0.327 e. The average molecular weight is 480 g/mol. The summed E-state index contributed by atoms with van der Waals surface area (Å²) in [6, 6.07) is 3.71. The summed E-state index contributed by atoms with van der Waals surface area (Å²) in [4.78, 5) is 16.2. The van der Waals surface area contributed by atoms with E-state index in [9.17, 15) is 10.2 Å². The third-order valence-electron chi connectivity index (χ3n) is 5.36. The lowest BCUT2D eigenvalue weighted by Crippen LogP contribution is -2.34. The lowest BCUT2D eigenvalue weighted by Gasteiger charge is -2.32. The van der Waals surface area contributed by atoms with E-state index in [1.807, 2.05) is 12.1 Å². The molecule has 5 heterocycles. The largest absolute Gasteiger partial charge is 0.387 e. The van der Waals surface area contributed by atoms with E-state index in [4.69, 9.17) is 35.8 Å². The molecule has 0 aliphatic carbocycles. The summed E-state index contributed by atoms with van der Waals surface area (Å²) in [6.07, 6.45) is 2.12. The van der Waals surface area contributed by atoms with Gasteiger partial charge in [0.1, 0.15) is 30.2 Å². The molecule has 2 fully saturated rings. The molecule has 0 bridgehead atoms. The Morgan fingerprint density at radius 2 is 2.03 bits per heavy atom. The van der Waals surface area contributed by atoms with Crippen LogP contribution in [0.2, 0.25) is 0 Å². The average Bonchev–Trinajstić information content (AvgIpc) is 3.35. The second-order valence-corrected chi connectivity index (χ2v) is 10.3. The van der Waals surface area contributed by atoms with E-state index in [1.165, 1.54) is 17.2 Å². The number of hydrogen-bond acceptors (Lipinski definition) is 12. The summed E-state index contributed by atoms with van der Waals surface area (Å²) < 4.78 is 24.8. The molecule has 0 amide bonds. The maximum atomic E-state index is 10.6. The molecule has 0 saturated carbocycles. The van der Waals surface area contributed by atoms with Crippen LogP contribution in [0.3, 0.4) is 0 Å². The highest BCUT2D eigenvalue weighted by Gasteiger charge is 2.45. The number of aromatic nitrogens is 5. The van der Waals surface area contributed by atoms with Gasteiger partial charge < -0.3 is 34.3 Å². The minimum Gasteiger partial charge on any atom is -0.387 e. The minimum atomic E-state index is -3.08. The Hall–Kier alpha value is -2.09. The van der Waals surface area contributed by atoms with Crippen LogP contribution in [0.25, 0.3) is 11.2 Å². The zero-order chi connectivity index (χ0) is 22.3. The normalized spacial score (nSPS) is 33.0. The fourth-order valence-electron chi connectivity index (χ4n) is 3.70. The molecule has 2 aliphatic heterocycles. The number of pyridine rings is 1. The van der Waals surface area contributed by atoms with E-state index < -0.39 is 31.3 Å². The van der Waals surface area contributed by atoms with Gasteiger partial charge in [0.05, 0.1) is 25.6 Å². The van der Waals surface area contributed by atoms with E-state index >= 15 is 0 Å². The number of nitrogens with two attached hydrogens (primary N) is 1. The van der Waals surface area contributed by atoms with E-state index in [2.05, 4.69) is 19.9 Å². The fraction of sp³-hybridized carbons (Fsp3) is 0.444. The molecule has 5 rings (SSSR count). The summed E-state index contributed by atoms with van der Waals surface area (Å²) >= 11 is 5.50. The van der Waals surface area contributed by atoms with Crippen LogP contribution in [0.4, 0.5) is 5.82 Å². The van der Waals surface area contributed by atoms with Gasteiger partial charge in [0.25, 0.3) is 0 Å². The van der Waals surface area contributed by atoms with Crippen molar-refractivity contribution >= 4 is 35.5 Å². The van der Waals surface area contributed by atoms with Crippen LogP contribution in [0.1, 0.15) is 24.3 Å². The molecule has 170 valence electrons. The second kappa shape index (κ2) is 8.69. The highest BCUT2D eigenvalue weighted by Crippen LogP contribution is 2.57. The predicted octanol–water partition coefficient (Wildman–Crippen LogP) is 0.842. The van der Waals surface area contributed by atoms with Crippen LogP contribution in [-0.2, 0) is 30.1 Å². The van der Waals surface area contributed by atoms with Gasteiger partial charge in [0.2, 0.25) is 0 Å². The fourth-order valence-corrected chi connectivity index (χ4v) is 5.81. The third kappa shape index (κ3) is 4.02. The topological polar surface area (TPSA) is 160 Å². The number of aliphatic hydroxyl groups excluding tert-OH is 2. The number of hydrogen-bond donors (Lipinski definition) is 3. The number of fused-ring (bicyclic) bond motifs is 1. The van der Waals surface area contributed by atoms with E-state index in [0.717, 1.165) is 5.56 Å². The highest BCUT2D eigenvalue weighted by atomic mass is 32.5. The molecular weight excluding hydrogens is 459 g/mol. The molecule has 0 unspecified atom stereocenters. The molecular formula is C18H21N6O6PS. The molecule has 2 saturated heterocycles. The molecule has 0 radical (unpaired) electrons. The number of aliphatic hydroxyl groups is 2. The standard InChI is InChI=1S/C18H21N6O6PS/c19-16-13-17(22-8-21-16)24(9-23-13)18-15(26)14(25)12(29-18)7-28-31(32)27-6-3-11(30-31)10-1-4-20-5-2-10/h1-2,4-5,8-9,11-12,14-15,18,25-26H,3,6-7H2,(H2,19,21,22)/t11-,12-,14+,15+,18-,31+/m1/s1. The van der Waals surface area contributed by atoms with Gasteiger partial charge in [-0.15, -0.1) is 0 Å². The first-order chi connectivity index (χ1) is 15.5. The Kier molecular flexibility index (Phi) is 5.90. The molecule has 0 spiro atoms.